The minimum absolute atomic E-state index is 0.0138. The van der Waals surface area contributed by atoms with Crippen LogP contribution in [0, 0.1) is 0 Å². The fourth-order valence-electron chi connectivity index (χ4n) is 5.38. The van der Waals surface area contributed by atoms with E-state index in [1.54, 1.807) is 0 Å². The normalized spacial score (nSPS) is 15.9. The van der Waals surface area contributed by atoms with Crippen LogP contribution in [0.1, 0.15) is 35.9 Å². The Kier molecular flexibility index (Phi) is 6.15. The smallest absolute Gasteiger partial charge is 0.321 e. The van der Waals surface area contributed by atoms with Crippen molar-refractivity contribution >= 4 is 22.9 Å². The number of piperazine rings is 1. The average molecular weight is 481 g/mol. The monoisotopic (exact) mass is 480 g/mol. The number of imidazole rings is 1. The zero-order valence-corrected chi connectivity index (χ0v) is 20.8. The van der Waals surface area contributed by atoms with Crippen molar-refractivity contribution in [3.05, 3.63) is 83.3 Å². The molecule has 36 heavy (non-hydrogen) atoms. The van der Waals surface area contributed by atoms with Crippen molar-refractivity contribution in [2.24, 2.45) is 0 Å². The first kappa shape index (κ1) is 22.7. The maximum atomic E-state index is 12.9. The number of urea groups is 1. The number of aryl methyl sites for hydroxylation is 3. The molecule has 0 spiro atoms. The van der Waals surface area contributed by atoms with Gasteiger partial charge in [-0.05, 0) is 78.8 Å². The Bertz CT molecular complexity index is 1380. The summed E-state index contributed by atoms with van der Waals surface area (Å²) in [5.74, 6) is 0.976. The molecule has 0 bridgehead atoms. The molecule has 2 aromatic heterocycles. The Hall–Kier alpha value is -3.71. The minimum Gasteiger partial charge on any atom is -0.322 e. The van der Waals surface area contributed by atoms with E-state index in [0.29, 0.717) is 19.6 Å². The summed E-state index contributed by atoms with van der Waals surface area (Å²) in [6.45, 7) is 5.89. The van der Waals surface area contributed by atoms with E-state index < -0.39 is 0 Å². The number of anilines is 1. The van der Waals surface area contributed by atoms with Crippen molar-refractivity contribution in [1.29, 1.82) is 0 Å². The van der Waals surface area contributed by atoms with Crippen molar-refractivity contribution in [3.63, 3.8) is 0 Å². The van der Waals surface area contributed by atoms with Crippen LogP contribution < -0.4 is 5.32 Å². The van der Waals surface area contributed by atoms with Crippen molar-refractivity contribution in [1.82, 2.24) is 24.3 Å². The third-order valence-corrected chi connectivity index (χ3v) is 7.46. The fraction of sp³-hybridized carbons (Fsp3) is 0.345. The summed E-state index contributed by atoms with van der Waals surface area (Å²) in [5.41, 5.74) is 7.87. The number of hydrogen-bond acceptors (Lipinski definition) is 4. The molecule has 1 aliphatic carbocycles. The molecule has 0 atom stereocenters. The van der Waals surface area contributed by atoms with Crippen LogP contribution in [0.4, 0.5) is 10.5 Å². The number of hydrogen-bond donors (Lipinski definition) is 1. The zero-order valence-electron chi connectivity index (χ0n) is 20.8. The van der Waals surface area contributed by atoms with Crippen LogP contribution in [-0.2, 0) is 25.8 Å². The lowest BCUT2D eigenvalue weighted by atomic mass is 10.1. The average Bonchev–Trinajstić information content (AvgIpc) is 3.53. The summed E-state index contributed by atoms with van der Waals surface area (Å²) in [6.07, 6.45) is 6.31. The summed E-state index contributed by atoms with van der Waals surface area (Å²) in [5, 5.41) is 3.11. The molecule has 2 aromatic carbocycles. The van der Waals surface area contributed by atoms with E-state index in [1.807, 2.05) is 29.3 Å². The number of pyridine rings is 1. The molecule has 1 fully saturated rings. The van der Waals surface area contributed by atoms with Crippen molar-refractivity contribution in [2.75, 3.05) is 31.5 Å². The predicted octanol–water partition coefficient (Wildman–Crippen LogP) is 4.82. The Balaban J connectivity index is 1.14. The van der Waals surface area contributed by atoms with Crippen LogP contribution in [-0.4, -0.2) is 56.5 Å². The van der Waals surface area contributed by atoms with Crippen molar-refractivity contribution < 1.29 is 4.79 Å². The van der Waals surface area contributed by atoms with Crippen LogP contribution in [0.3, 0.4) is 0 Å². The largest absolute Gasteiger partial charge is 0.322 e. The maximum Gasteiger partial charge on any atom is 0.321 e. The second-order valence-electron chi connectivity index (χ2n) is 9.76. The van der Waals surface area contributed by atoms with E-state index >= 15 is 0 Å². The molecule has 0 saturated carbocycles. The molecular formula is C29H32N6O. The van der Waals surface area contributed by atoms with E-state index in [1.165, 1.54) is 23.1 Å². The number of nitrogens with one attached hydrogen (secondary N) is 1. The number of fused-ring (bicyclic) bond motifs is 2. The molecule has 184 valence electrons. The number of nitrogens with zero attached hydrogens (tertiary/aromatic N) is 5. The van der Waals surface area contributed by atoms with E-state index in [4.69, 9.17) is 4.98 Å². The van der Waals surface area contributed by atoms with Gasteiger partial charge in [0.2, 0.25) is 0 Å². The topological polar surface area (TPSA) is 66.3 Å². The van der Waals surface area contributed by atoms with Gasteiger partial charge in [-0.1, -0.05) is 25.1 Å². The molecular weight excluding hydrogens is 448 g/mol. The van der Waals surface area contributed by atoms with Gasteiger partial charge in [-0.3, -0.25) is 9.47 Å². The lowest BCUT2D eigenvalue weighted by molar-refractivity contribution is 0.140. The third-order valence-electron chi connectivity index (χ3n) is 7.46. The molecule has 4 aromatic rings. The first-order chi connectivity index (χ1) is 17.7. The van der Waals surface area contributed by atoms with E-state index in [-0.39, 0.29) is 6.03 Å². The van der Waals surface area contributed by atoms with Crippen LogP contribution in [0.25, 0.3) is 16.9 Å². The first-order valence-corrected chi connectivity index (χ1v) is 13.0. The van der Waals surface area contributed by atoms with Gasteiger partial charge in [0.05, 0.1) is 6.54 Å². The lowest BCUT2D eigenvalue weighted by Gasteiger charge is -2.34. The number of aromatic nitrogens is 3. The van der Waals surface area contributed by atoms with Crippen LogP contribution in [0.15, 0.2) is 60.8 Å². The highest BCUT2D eigenvalue weighted by Gasteiger charge is 2.24. The van der Waals surface area contributed by atoms with Crippen molar-refractivity contribution in [2.45, 2.75) is 39.2 Å². The SMILES string of the molecule is CCc1ccc(-n2c(CN3CCN(C(=O)Nc4ccc5c(c4)CCC5)CC3)nc3cccnc32)cc1. The van der Waals surface area contributed by atoms with Gasteiger partial charge in [-0.15, -0.1) is 0 Å². The molecule has 0 radical (unpaired) electrons. The highest BCUT2D eigenvalue weighted by atomic mass is 16.2. The van der Waals surface area contributed by atoms with E-state index in [9.17, 15) is 4.79 Å². The number of rotatable bonds is 5. The van der Waals surface area contributed by atoms with Gasteiger partial charge in [0.15, 0.2) is 5.65 Å². The number of carbonyl (C=O) groups excluding carboxylic acids is 1. The van der Waals surface area contributed by atoms with Gasteiger partial charge in [0.25, 0.3) is 0 Å². The predicted molar refractivity (Wildman–Crippen MR) is 143 cm³/mol. The molecule has 7 nitrogen and oxygen atoms in total. The summed E-state index contributed by atoms with van der Waals surface area (Å²) in [7, 11) is 0. The Morgan fingerprint density at radius 3 is 2.58 bits per heavy atom. The Morgan fingerprint density at radius 2 is 1.78 bits per heavy atom. The molecule has 2 aliphatic rings. The number of carbonyl (C=O) groups is 1. The van der Waals surface area contributed by atoms with E-state index in [0.717, 1.165) is 60.7 Å². The van der Waals surface area contributed by atoms with Gasteiger partial charge in [-0.2, -0.15) is 0 Å². The van der Waals surface area contributed by atoms with Crippen LogP contribution >= 0.6 is 0 Å². The quantitative estimate of drug-likeness (QED) is 0.445. The maximum absolute atomic E-state index is 12.9. The van der Waals surface area contributed by atoms with Gasteiger partial charge >= 0.3 is 6.03 Å². The van der Waals surface area contributed by atoms with Gasteiger partial charge < -0.3 is 10.2 Å². The molecule has 7 heteroatoms. The third kappa shape index (κ3) is 4.46. The van der Waals surface area contributed by atoms with Crippen LogP contribution in [0.2, 0.25) is 0 Å². The van der Waals surface area contributed by atoms with Gasteiger partial charge in [0.1, 0.15) is 11.3 Å². The number of amides is 2. The number of benzene rings is 2. The first-order valence-electron chi connectivity index (χ1n) is 13.0. The molecule has 1 saturated heterocycles. The molecule has 2 amide bonds. The standard InChI is InChI=1S/C29H32N6O/c1-2-21-8-12-25(13-9-21)35-27(32-26-7-4-14-30-28(26)35)20-33-15-17-34(18-16-33)29(36)31-24-11-10-22-5-3-6-23(22)19-24/h4,7-14,19H,2-3,5-6,15-18,20H2,1H3,(H,31,36). The second kappa shape index (κ2) is 9.74. The van der Waals surface area contributed by atoms with Crippen LogP contribution in [0.5, 0.6) is 0 Å². The molecule has 6 rings (SSSR count). The second-order valence-corrected chi connectivity index (χ2v) is 9.76. The molecule has 3 heterocycles. The van der Waals surface area contributed by atoms with Gasteiger partial charge in [-0.25, -0.2) is 14.8 Å². The Labute approximate surface area is 211 Å². The summed E-state index contributed by atoms with van der Waals surface area (Å²) < 4.78 is 2.17. The fourth-order valence-corrected chi connectivity index (χ4v) is 5.38. The zero-order chi connectivity index (χ0) is 24.5. The van der Waals surface area contributed by atoms with E-state index in [2.05, 4.69) is 63.1 Å². The highest BCUT2D eigenvalue weighted by Crippen LogP contribution is 2.25. The minimum atomic E-state index is -0.0138. The highest BCUT2D eigenvalue weighted by molar-refractivity contribution is 5.89. The summed E-state index contributed by atoms with van der Waals surface area (Å²) >= 11 is 0. The Morgan fingerprint density at radius 1 is 0.972 bits per heavy atom. The summed E-state index contributed by atoms with van der Waals surface area (Å²) in [6, 6.07) is 18.9. The molecule has 1 N–H and O–H groups in total. The van der Waals surface area contributed by atoms with Gasteiger partial charge in [0, 0.05) is 43.8 Å². The summed E-state index contributed by atoms with van der Waals surface area (Å²) in [4.78, 5) is 26.8. The molecule has 1 aliphatic heterocycles. The van der Waals surface area contributed by atoms with Crippen molar-refractivity contribution in [3.8, 4) is 5.69 Å². The lowest BCUT2D eigenvalue weighted by Crippen LogP contribution is -2.49. The molecule has 0 unspecified atom stereocenters.